The zero-order valence-corrected chi connectivity index (χ0v) is 15.3. The highest BCUT2D eigenvalue weighted by Gasteiger charge is 2.07. The van der Waals surface area contributed by atoms with Crippen molar-refractivity contribution in [2.75, 3.05) is 0 Å². The number of hydrogen-bond acceptors (Lipinski definition) is 3. The van der Waals surface area contributed by atoms with Gasteiger partial charge in [-0.15, -0.1) is 0 Å². The van der Waals surface area contributed by atoms with Crippen LogP contribution in [0.25, 0.3) is 10.8 Å². The summed E-state index contributed by atoms with van der Waals surface area (Å²) in [6.07, 6.45) is 3.49. The lowest BCUT2D eigenvalue weighted by atomic mass is 10.1. The molecule has 138 valence electrons. The lowest BCUT2D eigenvalue weighted by Gasteiger charge is -2.09. The average molecular weight is 368 g/mol. The van der Waals surface area contributed by atoms with Crippen LogP contribution in [0.4, 0.5) is 0 Å². The summed E-state index contributed by atoms with van der Waals surface area (Å²) in [6, 6.07) is 25.4. The van der Waals surface area contributed by atoms with E-state index in [1.165, 1.54) is 10.8 Å². The Hall–Kier alpha value is -3.66. The third-order valence-electron chi connectivity index (χ3n) is 4.49. The van der Waals surface area contributed by atoms with Crippen LogP contribution < -0.4 is 10.1 Å². The summed E-state index contributed by atoms with van der Waals surface area (Å²) < 4.78 is 5.77. The van der Waals surface area contributed by atoms with E-state index in [0.29, 0.717) is 24.5 Å². The summed E-state index contributed by atoms with van der Waals surface area (Å²) in [5, 5.41) is 5.33. The number of nitrogens with zero attached hydrogens (tertiary/aromatic N) is 1. The first kappa shape index (κ1) is 17.7. The van der Waals surface area contributed by atoms with E-state index in [1.807, 2.05) is 42.5 Å². The van der Waals surface area contributed by atoms with Crippen molar-refractivity contribution in [3.8, 4) is 5.75 Å². The summed E-state index contributed by atoms with van der Waals surface area (Å²) in [6.45, 7) is 0.889. The standard InChI is InChI=1S/C24H20N2O2/c27-24(26-16-18-10-11-20-6-1-2-7-21(20)13-18)22-8-3-9-23(14-22)28-17-19-5-4-12-25-15-19/h1-15H,16-17H2,(H,26,27). The van der Waals surface area contributed by atoms with Crippen molar-refractivity contribution in [1.82, 2.24) is 10.3 Å². The van der Waals surface area contributed by atoms with Gasteiger partial charge in [0.1, 0.15) is 12.4 Å². The number of benzene rings is 3. The average Bonchev–Trinajstić information content (AvgIpc) is 2.77. The number of aromatic nitrogens is 1. The molecule has 28 heavy (non-hydrogen) atoms. The van der Waals surface area contributed by atoms with E-state index in [0.717, 1.165) is 11.1 Å². The van der Waals surface area contributed by atoms with Crippen molar-refractivity contribution >= 4 is 16.7 Å². The van der Waals surface area contributed by atoms with Crippen LogP contribution in [0.15, 0.2) is 91.3 Å². The molecule has 4 rings (SSSR count). The van der Waals surface area contributed by atoms with Crippen LogP contribution in [0, 0.1) is 0 Å². The second kappa shape index (κ2) is 8.35. The van der Waals surface area contributed by atoms with Crippen LogP contribution in [-0.4, -0.2) is 10.9 Å². The lowest BCUT2D eigenvalue weighted by Crippen LogP contribution is -2.22. The first-order valence-corrected chi connectivity index (χ1v) is 9.15. The fourth-order valence-corrected chi connectivity index (χ4v) is 3.01. The minimum atomic E-state index is -0.125. The molecule has 0 spiro atoms. The van der Waals surface area contributed by atoms with Crippen LogP contribution in [0.2, 0.25) is 0 Å². The summed E-state index contributed by atoms with van der Waals surface area (Å²) >= 11 is 0. The molecule has 0 saturated heterocycles. The number of pyridine rings is 1. The molecule has 1 amide bonds. The van der Waals surface area contributed by atoms with Crippen LogP contribution >= 0.6 is 0 Å². The molecule has 0 aliphatic rings. The van der Waals surface area contributed by atoms with Crippen molar-refractivity contribution in [3.63, 3.8) is 0 Å². The molecule has 3 aromatic carbocycles. The van der Waals surface area contributed by atoms with Gasteiger partial charge in [-0.2, -0.15) is 0 Å². The Morgan fingerprint density at radius 3 is 2.61 bits per heavy atom. The van der Waals surface area contributed by atoms with Crippen molar-refractivity contribution < 1.29 is 9.53 Å². The van der Waals surface area contributed by atoms with E-state index in [9.17, 15) is 4.79 Å². The number of rotatable bonds is 6. The number of fused-ring (bicyclic) bond motifs is 1. The van der Waals surface area contributed by atoms with Gasteiger partial charge in [0.25, 0.3) is 5.91 Å². The summed E-state index contributed by atoms with van der Waals surface area (Å²) in [7, 11) is 0. The van der Waals surface area contributed by atoms with Gasteiger partial charge in [0, 0.05) is 30.1 Å². The third kappa shape index (κ3) is 4.35. The van der Waals surface area contributed by atoms with Crippen LogP contribution in [0.3, 0.4) is 0 Å². The van der Waals surface area contributed by atoms with Crippen molar-refractivity contribution in [3.05, 3.63) is 108 Å². The Kier molecular flexibility index (Phi) is 5.29. The van der Waals surface area contributed by atoms with Gasteiger partial charge in [-0.1, -0.05) is 48.5 Å². The second-order valence-electron chi connectivity index (χ2n) is 6.54. The maximum absolute atomic E-state index is 12.5. The smallest absolute Gasteiger partial charge is 0.251 e. The summed E-state index contributed by atoms with van der Waals surface area (Å²) in [5.41, 5.74) is 2.62. The van der Waals surface area contributed by atoms with Crippen LogP contribution in [0.5, 0.6) is 5.75 Å². The van der Waals surface area contributed by atoms with Crippen LogP contribution in [-0.2, 0) is 13.2 Å². The first-order valence-electron chi connectivity index (χ1n) is 9.15. The topological polar surface area (TPSA) is 51.2 Å². The Morgan fingerprint density at radius 1 is 0.857 bits per heavy atom. The molecule has 4 heteroatoms. The fourth-order valence-electron chi connectivity index (χ4n) is 3.01. The molecule has 0 aliphatic carbocycles. The lowest BCUT2D eigenvalue weighted by molar-refractivity contribution is 0.0950. The zero-order valence-electron chi connectivity index (χ0n) is 15.3. The number of nitrogens with one attached hydrogen (secondary N) is 1. The Labute approximate surface area is 163 Å². The van der Waals surface area contributed by atoms with Crippen molar-refractivity contribution in [2.45, 2.75) is 13.2 Å². The number of hydrogen-bond donors (Lipinski definition) is 1. The van der Waals surface area contributed by atoms with E-state index in [1.54, 1.807) is 24.5 Å². The highest BCUT2D eigenvalue weighted by atomic mass is 16.5. The van der Waals surface area contributed by atoms with Crippen LogP contribution in [0.1, 0.15) is 21.5 Å². The monoisotopic (exact) mass is 368 g/mol. The Balaban J connectivity index is 1.38. The molecule has 1 N–H and O–H groups in total. The number of carbonyl (C=O) groups excluding carboxylic acids is 1. The Bertz CT molecular complexity index is 1090. The molecule has 1 heterocycles. The van der Waals surface area contributed by atoms with Gasteiger partial charge in [0.2, 0.25) is 0 Å². The summed E-state index contributed by atoms with van der Waals surface area (Å²) in [4.78, 5) is 16.6. The zero-order chi connectivity index (χ0) is 19.2. The molecular formula is C24H20N2O2. The molecule has 0 bridgehead atoms. The molecule has 0 atom stereocenters. The molecule has 0 saturated carbocycles. The van der Waals surface area contributed by atoms with Gasteiger partial charge in [-0.05, 0) is 46.7 Å². The van der Waals surface area contributed by atoms with Crippen molar-refractivity contribution in [1.29, 1.82) is 0 Å². The second-order valence-corrected chi connectivity index (χ2v) is 6.54. The van der Waals surface area contributed by atoms with E-state index < -0.39 is 0 Å². The summed E-state index contributed by atoms with van der Waals surface area (Å²) in [5.74, 6) is 0.530. The highest BCUT2D eigenvalue weighted by Crippen LogP contribution is 2.17. The van der Waals surface area contributed by atoms with Gasteiger partial charge >= 0.3 is 0 Å². The molecule has 4 aromatic rings. The Morgan fingerprint density at radius 2 is 1.75 bits per heavy atom. The largest absolute Gasteiger partial charge is 0.489 e. The molecule has 4 nitrogen and oxygen atoms in total. The van der Waals surface area contributed by atoms with Crippen molar-refractivity contribution in [2.24, 2.45) is 0 Å². The molecule has 0 unspecified atom stereocenters. The SMILES string of the molecule is O=C(NCc1ccc2ccccc2c1)c1cccc(OCc2cccnc2)c1. The van der Waals surface area contributed by atoms with E-state index in [-0.39, 0.29) is 5.91 Å². The maximum atomic E-state index is 12.5. The molecular weight excluding hydrogens is 348 g/mol. The first-order chi connectivity index (χ1) is 13.8. The number of amides is 1. The van der Waals surface area contributed by atoms with E-state index in [2.05, 4.69) is 34.6 Å². The molecule has 0 radical (unpaired) electrons. The predicted octanol–water partition coefficient (Wildman–Crippen LogP) is 4.74. The molecule has 0 aliphatic heterocycles. The predicted molar refractivity (Wildman–Crippen MR) is 110 cm³/mol. The van der Waals surface area contributed by atoms with Gasteiger partial charge < -0.3 is 10.1 Å². The highest BCUT2D eigenvalue weighted by molar-refractivity contribution is 5.94. The minimum absolute atomic E-state index is 0.125. The van der Waals surface area contributed by atoms with E-state index >= 15 is 0 Å². The third-order valence-corrected chi connectivity index (χ3v) is 4.49. The quantitative estimate of drug-likeness (QED) is 0.535. The maximum Gasteiger partial charge on any atom is 0.251 e. The van der Waals surface area contributed by atoms with Gasteiger partial charge in [-0.25, -0.2) is 0 Å². The normalized spacial score (nSPS) is 10.6. The number of ether oxygens (including phenoxy) is 1. The van der Waals surface area contributed by atoms with E-state index in [4.69, 9.17) is 4.74 Å². The minimum Gasteiger partial charge on any atom is -0.489 e. The fraction of sp³-hybridized carbons (Fsp3) is 0.0833. The number of carbonyl (C=O) groups is 1. The molecule has 0 fully saturated rings. The van der Waals surface area contributed by atoms with Gasteiger partial charge in [0.05, 0.1) is 0 Å². The molecule has 1 aromatic heterocycles. The van der Waals surface area contributed by atoms with Gasteiger partial charge in [0.15, 0.2) is 0 Å². The van der Waals surface area contributed by atoms with Gasteiger partial charge in [-0.3, -0.25) is 9.78 Å².